The van der Waals surface area contributed by atoms with Crippen LogP contribution in [0.5, 0.6) is 5.75 Å². The van der Waals surface area contributed by atoms with E-state index in [1.807, 2.05) is 0 Å². The Hall–Kier alpha value is -1.14. The highest BCUT2D eigenvalue weighted by Crippen LogP contribution is 2.28. The number of nitrogens with one attached hydrogen (secondary N) is 1. The molecule has 0 bridgehead atoms. The number of aromatic hydroxyl groups is 1. The summed E-state index contributed by atoms with van der Waals surface area (Å²) in [4.78, 5) is 11.7. The molecule has 2 unspecified atom stereocenters. The Bertz CT molecular complexity index is 495. The second-order valence-electron chi connectivity index (χ2n) is 3.80. The third kappa shape index (κ3) is 3.68. The number of halogens is 2. The van der Waals surface area contributed by atoms with Crippen molar-refractivity contribution < 1.29 is 18.5 Å². The molecule has 1 aromatic carbocycles. The van der Waals surface area contributed by atoms with Gasteiger partial charge in [0.2, 0.25) is 0 Å². The van der Waals surface area contributed by atoms with Crippen molar-refractivity contribution in [3.63, 3.8) is 0 Å². The molecule has 4 nitrogen and oxygen atoms in total. The molecule has 1 aromatic rings. The van der Waals surface area contributed by atoms with Crippen LogP contribution in [0.3, 0.4) is 0 Å². The molecule has 0 saturated heterocycles. The molecule has 1 rings (SSSR count). The van der Waals surface area contributed by atoms with Crippen LogP contribution in [0.15, 0.2) is 12.1 Å². The highest BCUT2D eigenvalue weighted by atomic mass is 35.5. The van der Waals surface area contributed by atoms with Gasteiger partial charge in [-0.15, -0.1) is 0 Å². The molecule has 7 heteroatoms. The summed E-state index contributed by atoms with van der Waals surface area (Å²) in [5, 5.41) is 11.5. The Kier molecular flexibility index (Phi) is 5.10. The Morgan fingerprint density at radius 2 is 2.22 bits per heavy atom. The van der Waals surface area contributed by atoms with E-state index in [9.17, 15) is 18.5 Å². The molecule has 100 valence electrons. The van der Waals surface area contributed by atoms with E-state index in [4.69, 9.17) is 11.6 Å². The highest BCUT2D eigenvalue weighted by molar-refractivity contribution is 7.84. The van der Waals surface area contributed by atoms with Crippen LogP contribution in [0.4, 0.5) is 4.39 Å². The number of phenols is 1. The fraction of sp³-hybridized carbons (Fsp3) is 0.364. The minimum atomic E-state index is -1.07. The van der Waals surface area contributed by atoms with Gasteiger partial charge in [0.1, 0.15) is 11.6 Å². The summed E-state index contributed by atoms with van der Waals surface area (Å²) in [5.41, 5.74) is -0.242. The SMILES string of the molecule is CC(CNC(=O)c1cc(F)cc(Cl)c1O)S(C)=O. The van der Waals surface area contributed by atoms with E-state index in [1.54, 1.807) is 6.92 Å². The molecule has 0 aliphatic heterocycles. The molecule has 2 atom stereocenters. The minimum Gasteiger partial charge on any atom is -0.506 e. The Balaban J connectivity index is 2.82. The van der Waals surface area contributed by atoms with Gasteiger partial charge in [0.15, 0.2) is 0 Å². The molecule has 0 heterocycles. The molecule has 2 N–H and O–H groups in total. The first-order valence-electron chi connectivity index (χ1n) is 5.11. The maximum Gasteiger partial charge on any atom is 0.255 e. The zero-order valence-corrected chi connectivity index (χ0v) is 11.4. The van der Waals surface area contributed by atoms with Crippen LogP contribution < -0.4 is 5.32 Å². The first-order chi connectivity index (χ1) is 8.32. The van der Waals surface area contributed by atoms with E-state index in [2.05, 4.69) is 5.32 Å². The Morgan fingerprint density at radius 3 is 2.78 bits per heavy atom. The number of rotatable bonds is 4. The van der Waals surface area contributed by atoms with Crippen LogP contribution in [0, 0.1) is 5.82 Å². The lowest BCUT2D eigenvalue weighted by molar-refractivity contribution is 0.0951. The molecule has 0 aromatic heterocycles. The third-order valence-corrected chi connectivity index (χ3v) is 3.98. The van der Waals surface area contributed by atoms with Crippen LogP contribution in [-0.4, -0.2) is 33.3 Å². The topological polar surface area (TPSA) is 66.4 Å². The van der Waals surface area contributed by atoms with Crippen LogP contribution in [0.2, 0.25) is 5.02 Å². The maximum absolute atomic E-state index is 13.1. The molecule has 0 saturated carbocycles. The van der Waals surface area contributed by atoms with Crippen LogP contribution >= 0.6 is 11.6 Å². The molecule has 18 heavy (non-hydrogen) atoms. The predicted octanol–water partition coefficient (Wildman–Crippen LogP) is 1.68. The minimum absolute atomic E-state index is 0.162. The van der Waals surface area contributed by atoms with E-state index >= 15 is 0 Å². The molecular formula is C11H13ClFNO3S. The van der Waals surface area contributed by atoms with Crippen molar-refractivity contribution in [1.82, 2.24) is 5.32 Å². The van der Waals surface area contributed by atoms with Crippen molar-refractivity contribution >= 4 is 28.3 Å². The number of phenolic OH excluding ortho intramolecular Hbond substituents is 1. The van der Waals surface area contributed by atoms with Gasteiger partial charge < -0.3 is 10.4 Å². The van der Waals surface area contributed by atoms with Crippen LogP contribution in [0.1, 0.15) is 17.3 Å². The standard InChI is InChI=1S/C11H13ClFNO3S/c1-6(18(2)17)5-14-11(16)8-3-7(13)4-9(12)10(8)15/h3-4,6,15H,5H2,1-2H3,(H,14,16). The largest absolute Gasteiger partial charge is 0.506 e. The first-order valence-corrected chi connectivity index (χ1v) is 7.11. The molecule has 0 spiro atoms. The van der Waals surface area contributed by atoms with Gasteiger partial charge >= 0.3 is 0 Å². The predicted molar refractivity (Wildman–Crippen MR) is 68.9 cm³/mol. The van der Waals surface area contributed by atoms with Crippen LogP contribution in [0.25, 0.3) is 0 Å². The number of hydrogen-bond acceptors (Lipinski definition) is 3. The average molecular weight is 294 g/mol. The smallest absolute Gasteiger partial charge is 0.255 e. The van der Waals surface area contributed by atoms with Gasteiger partial charge in [0.25, 0.3) is 5.91 Å². The summed E-state index contributed by atoms with van der Waals surface area (Å²) in [6.07, 6.45) is 1.52. The van der Waals surface area contributed by atoms with Crippen molar-refractivity contribution in [2.75, 3.05) is 12.8 Å². The van der Waals surface area contributed by atoms with Gasteiger partial charge in [-0.1, -0.05) is 11.6 Å². The third-order valence-electron chi connectivity index (χ3n) is 2.39. The van der Waals surface area contributed by atoms with E-state index < -0.39 is 28.3 Å². The first kappa shape index (κ1) is 14.9. The molecule has 0 aliphatic carbocycles. The highest BCUT2D eigenvalue weighted by Gasteiger charge is 2.17. The van der Waals surface area contributed by atoms with Gasteiger partial charge in [0.05, 0.1) is 10.6 Å². The average Bonchev–Trinajstić information content (AvgIpc) is 2.29. The van der Waals surface area contributed by atoms with Crippen molar-refractivity contribution in [2.24, 2.45) is 0 Å². The fourth-order valence-electron chi connectivity index (χ4n) is 1.19. The summed E-state index contributed by atoms with van der Waals surface area (Å²) in [6.45, 7) is 1.87. The summed E-state index contributed by atoms with van der Waals surface area (Å²) in [5.74, 6) is -1.85. The number of amides is 1. The summed E-state index contributed by atoms with van der Waals surface area (Å²) in [7, 11) is -1.07. The van der Waals surface area contributed by atoms with Gasteiger partial charge in [-0.2, -0.15) is 0 Å². The molecule has 1 amide bonds. The van der Waals surface area contributed by atoms with Gasteiger partial charge in [0, 0.05) is 28.9 Å². The monoisotopic (exact) mass is 293 g/mol. The summed E-state index contributed by atoms with van der Waals surface area (Å²) < 4.78 is 24.2. The number of benzene rings is 1. The van der Waals surface area contributed by atoms with E-state index in [-0.39, 0.29) is 22.4 Å². The normalized spacial score (nSPS) is 14.0. The van der Waals surface area contributed by atoms with Gasteiger partial charge in [-0.3, -0.25) is 9.00 Å². The molecule has 0 radical (unpaired) electrons. The quantitative estimate of drug-likeness (QED) is 0.888. The lowest BCUT2D eigenvalue weighted by Gasteiger charge is -2.11. The summed E-state index contributed by atoms with van der Waals surface area (Å²) >= 11 is 5.56. The van der Waals surface area contributed by atoms with Crippen LogP contribution in [-0.2, 0) is 10.8 Å². The van der Waals surface area contributed by atoms with Gasteiger partial charge in [-0.25, -0.2) is 4.39 Å². The van der Waals surface area contributed by atoms with Crippen molar-refractivity contribution in [1.29, 1.82) is 0 Å². The Morgan fingerprint density at radius 1 is 1.61 bits per heavy atom. The Labute approximate surface area is 112 Å². The second-order valence-corrected chi connectivity index (χ2v) is 6.01. The van der Waals surface area contributed by atoms with Crippen molar-refractivity contribution in [3.05, 3.63) is 28.5 Å². The number of carbonyl (C=O) groups excluding carboxylic acids is 1. The van der Waals surface area contributed by atoms with E-state index in [0.717, 1.165) is 12.1 Å². The zero-order valence-electron chi connectivity index (χ0n) is 9.87. The lowest BCUT2D eigenvalue weighted by Crippen LogP contribution is -2.32. The fourth-order valence-corrected chi connectivity index (χ4v) is 1.71. The van der Waals surface area contributed by atoms with Gasteiger partial charge in [-0.05, 0) is 19.1 Å². The molecule has 0 aliphatic rings. The van der Waals surface area contributed by atoms with E-state index in [1.165, 1.54) is 6.26 Å². The molecule has 0 fully saturated rings. The number of hydrogen-bond donors (Lipinski definition) is 2. The number of carbonyl (C=O) groups is 1. The van der Waals surface area contributed by atoms with Crippen molar-refractivity contribution in [3.8, 4) is 5.75 Å². The van der Waals surface area contributed by atoms with E-state index in [0.29, 0.717) is 0 Å². The molecular weight excluding hydrogens is 281 g/mol. The van der Waals surface area contributed by atoms with Crippen molar-refractivity contribution in [2.45, 2.75) is 12.2 Å². The maximum atomic E-state index is 13.1. The second kappa shape index (κ2) is 6.15. The summed E-state index contributed by atoms with van der Waals surface area (Å²) in [6, 6.07) is 1.81. The zero-order chi connectivity index (χ0) is 13.9. The lowest BCUT2D eigenvalue weighted by atomic mass is 10.2.